The first-order valence-electron chi connectivity index (χ1n) is 10.1. The predicted molar refractivity (Wildman–Crippen MR) is 121 cm³/mol. The first-order chi connectivity index (χ1) is 14.5. The number of anilines is 2. The zero-order chi connectivity index (χ0) is 21.3. The second kappa shape index (κ2) is 7.99. The van der Waals surface area contributed by atoms with Gasteiger partial charge in [0.25, 0.3) is 11.8 Å². The molecule has 0 aromatic heterocycles. The van der Waals surface area contributed by atoms with Crippen LogP contribution in [0.15, 0.2) is 84.6 Å². The van der Waals surface area contributed by atoms with Crippen LogP contribution in [-0.2, 0) is 9.59 Å². The number of carbonyl (C=O) groups excluding carboxylic acids is 2. The monoisotopic (exact) mass is 396 g/mol. The molecule has 0 saturated carbocycles. The summed E-state index contributed by atoms with van der Waals surface area (Å²) >= 11 is 0. The Morgan fingerprint density at radius 2 is 1.30 bits per heavy atom. The molecular formula is C26H24N2O2. The molecule has 0 radical (unpaired) electrons. The molecule has 0 aliphatic carbocycles. The van der Waals surface area contributed by atoms with Crippen molar-refractivity contribution >= 4 is 28.8 Å². The molecule has 3 aromatic rings. The van der Waals surface area contributed by atoms with Crippen LogP contribution in [0.25, 0.3) is 5.57 Å². The first-order valence-corrected chi connectivity index (χ1v) is 10.1. The highest BCUT2D eigenvalue weighted by Gasteiger charge is 2.42. The average Bonchev–Trinajstić information content (AvgIpc) is 3.01. The van der Waals surface area contributed by atoms with Gasteiger partial charge in [-0.3, -0.25) is 9.59 Å². The van der Waals surface area contributed by atoms with Crippen LogP contribution in [0.4, 0.5) is 11.4 Å². The summed E-state index contributed by atoms with van der Waals surface area (Å²) in [5.41, 5.74) is 5.24. The molecule has 30 heavy (non-hydrogen) atoms. The number of benzene rings is 3. The van der Waals surface area contributed by atoms with Crippen molar-refractivity contribution in [1.29, 1.82) is 0 Å². The van der Waals surface area contributed by atoms with Crippen molar-refractivity contribution < 1.29 is 9.59 Å². The van der Waals surface area contributed by atoms with Crippen LogP contribution in [0.1, 0.15) is 23.6 Å². The van der Waals surface area contributed by atoms with E-state index in [1.165, 1.54) is 4.90 Å². The molecule has 0 saturated heterocycles. The Morgan fingerprint density at radius 3 is 1.87 bits per heavy atom. The summed E-state index contributed by atoms with van der Waals surface area (Å²) in [6, 6.07) is 24.9. The Morgan fingerprint density at radius 1 is 0.733 bits per heavy atom. The lowest BCUT2D eigenvalue weighted by Gasteiger charge is -2.25. The second-order valence-electron chi connectivity index (χ2n) is 7.45. The van der Waals surface area contributed by atoms with Crippen molar-refractivity contribution in [2.24, 2.45) is 0 Å². The standard InChI is InChI=1S/C26H24N2O2/c1-4-27(21-8-6-5-7-9-21)24-23(20-14-10-18(2)11-15-20)25(29)28(26(24)30)22-16-12-19(3)13-17-22/h5-17H,4H2,1-3H3. The lowest BCUT2D eigenvalue weighted by molar-refractivity contribution is -0.120. The molecule has 3 aromatic carbocycles. The number of nitrogens with zero attached hydrogens (tertiary/aromatic N) is 2. The van der Waals surface area contributed by atoms with E-state index in [4.69, 9.17) is 0 Å². The maximum atomic E-state index is 13.6. The quantitative estimate of drug-likeness (QED) is 0.563. The molecule has 1 aliphatic heterocycles. The van der Waals surface area contributed by atoms with Crippen LogP contribution in [0.2, 0.25) is 0 Å². The van der Waals surface area contributed by atoms with Crippen molar-refractivity contribution in [3.63, 3.8) is 0 Å². The number of imide groups is 1. The lowest BCUT2D eigenvalue weighted by atomic mass is 10.0. The Balaban J connectivity index is 1.90. The highest BCUT2D eigenvalue weighted by Crippen LogP contribution is 2.36. The normalized spacial score (nSPS) is 13.9. The van der Waals surface area contributed by atoms with E-state index in [2.05, 4.69) is 0 Å². The van der Waals surface area contributed by atoms with E-state index in [-0.39, 0.29) is 11.8 Å². The lowest BCUT2D eigenvalue weighted by Crippen LogP contribution is -2.35. The fourth-order valence-electron chi connectivity index (χ4n) is 3.76. The fraction of sp³-hybridized carbons (Fsp3) is 0.154. The zero-order valence-electron chi connectivity index (χ0n) is 17.4. The van der Waals surface area contributed by atoms with Gasteiger partial charge in [0.05, 0.1) is 11.3 Å². The van der Waals surface area contributed by atoms with Gasteiger partial charge in [-0.15, -0.1) is 0 Å². The molecular weight excluding hydrogens is 372 g/mol. The number of aryl methyl sites for hydroxylation is 2. The van der Waals surface area contributed by atoms with Crippen LogP contribution >= 0.6 is 0 Å². The molecule has 2 amide bonds. The summed E-state index contributed by atoms with van der Waals surface area (Å²) in [6.45, 7) is 6.53. The number of rotatable bonds is 5. The summed E-state index contributed by atoms with van der Waals surface area (Å²) < 4.78 is 0. The van der Waals surface area contributed by atoms with Crippen molar-refractivity contribution in [3.8, 4) is 0 Å². The Labute approximate surface area is 177 Å². The van der Waals surface area contributed by atoms with Gasteiger partial charge in [-0.2, -0.15) is 0 Å². The van der Waals surface area contributed by atoms with Crippen LogP contribution in [0.5, 0.6) is 0 Å². The van der Waals surface area contributed by atoms with Crippen LogP contribution in [-0.4, -0.2) is 18.4 Å². The minimum Gasteiger partial charge on any atom is -0.337 e. The molecule has 4 nitrogen and oxygen atoms in total. The molecule has 1 aliphatic rings. The van der Waals surface area contributed by atoms with Gasteiger partial charge in [0.2, 0.25) is 0 Å². The highest BCUT2D eigenvalue weighted by atomic mass is 16.2. The Hall–Kier alpha value is -3.66. The van der Waals surface area contributed by atoms with Gasteiger partial charge >= 0.3 is 0 Å². The minimum absolute atomic E-state index is 0.294. The number of amides is 2. The van der Waals surface area contributed by atoms with E-state index in [0.29, 0.717) is 23.5 Å². The number of hydrogen-bond acceptors (Lipinski definition) is 3. The molecule has 0 fully saturated rings. The van der Waals surface area contributed by atoms with Crippen molar-refractivity contribution in [1.82, 2.24) is 0 Å². The van der Waals surface area contributed by atoms with Gasteiger partial charge < -0.3 is 4.90 Å². The van der Waals surface area contributed by atoms with Gasteiger partial charge in [0.1, 0.15) is 5.70 Å². The minimum atomic E-state index is -0.301. The van der Waals surface area contributed by atoms with E-state index in [9.17, 15) is 9.59 Å². The van der Waals surface area contributed by atoms with E-state index in [1.807, 2.05) is 105 Å². The third-order valence-corrected chi connectivity index (χ3v) is 5.35. The molecule has 4 rings (SSSR count). The number of hydrogen-bond donors (Lipinski definition) is 0. The summed E-state index contributed by atoms with van der Waals surface area (Å²) in [6.07, 6.45) is 0. The Kier molecular flexibility index (Phi) is 5.23. The molecule has 1 heterocycles. The molecule has 4 heteroatoms. The van der Waals surface area contributed by atoms with Gasteiger partial charge in [-0.1, -0.05) is 65.7 Å². The maximum absolute atomic E-state index is 13.6. The summed E-state index contributed by atoms with van der Waals surface area (Å²) in [7, 11) is 0. The summed E-state index contributed by atoms with van der Waals surface area (Å²) in [4.78, 5) is 30.4. The molecule has 0 N–H and O–H groups in total. The number of carbonyl (C=O) groups is 2. The smallest absolute Gasteiger partial charge is 0.282 e. The largest absolute Gasteiger partial charge is 0.337 e. The molecule has 0 atom stereocenters. The van der Waals surface area contributed by atoms with Gasteiger partial charge in [-0.25, -0.2) is 4.90 Å². The van der Waals surface area contributed by atoms with Gasteiger partial charge in [0, 0.05) is 12.2 Å². The maximum Gasteiger partial charge on any atom is 0.282 e. The Bertz CT molecular complexity index is 1110. The van der Waals surface area contributed by atoms with Crippen molar-refractivity contribution in [2.75, 3.05) is 16.3 Å². The predicted octanol–water partition coefficient (Wildman–Crippen LogP) is 5.11. The van der Waals surface area contributed by atoms with Crippen LogP contribution in [0.3, 0.4) is 0 Å². The van der Waals surface area contributed by atoms with E-state index in [1.54, 1.807) is 0 Å². The third-order valence-electron chi connectivity index (χ3n) is 5.35. The van der Waals surface area contributed by atoms with Crippen LogP contribution in [0, 0.1) is 13.8 Å². The first kappa shape index (κ1) is 19.6. The van der Waals surface area contributed by atoms with E-state index < -0.39 is 0 Å². The zero-order valence-corrected chi connectivity index (χ0v) is 17.4. The van der Waals surface area contributed by atoms with Crippen molar-refractivity contribution in [3.05, 3.63) is 101 Å². The van der Waals surface area contributed by atoms with Gasteiger partial charge in [-0.05, 0) is 50.6 Å². The van der Waals surface area contributed by atoms with Gasteiger partial charge in [0.15, 0.2) is 0 Å². The fourth-order valence-corrected chi connectivity index (χ4v) is 3.76. The molecule has 0 spiro atoms. The van der Waals surface area contributed by atoms with Crippen LogP contribution < -0.4 is 9.80 Å². The average molecular weight is 396 g/mol. The molecule has 0 unspecified atom stereocenters. The topological polar surface area (TPSA) is 40.6 Å². The SMILES string of the molecule is CCN(C1=C(c2ccc(C)cc2)C(=O)N(c2ccc(C)cc2)C1=O)c1ccccc1. The molecule has 150 valence electrons. The summed E-state index contributed by atoms with van der Waals surface area (Å²) in [5, 5.41) is 0. The number of likely N-dealkylation sites (N-methyl/N-ethyl adjacent to an activating group) is 1. The molecule has 0 bridgehead atoms. The third kappa shape index (κ3) is 3.41. The second-order valence-corrected chi connectivity index (χ2v) is 7.45. The van der Waals surface area contributed by atoms with Crippen molar-refractivity contribution in [2.45, 2.75) is 20.8 Å². The van der Waals surface area contributed by atoms with E-state index >= 15 is 0 Å². The summed E-state index contributed by atoms with van der Waals surface area (Å²) in [5.74, 6) is -0.595. The number of para-hydroxylation sites is 1. The van der Waals surface area contributed by atoms with E-state index in [0.717, 1.165) is 22.4 Å². The highest BCUT2D eigenvalue weighted by molar-refractivity contribution is 6.46.